The van der Waals surface area contributed by atoms with Crippen LogP contribution in [0.3, 0.4) is 0 Å². The zero-order valence-electron chi connectivity index (χ0n) is 9.71. The van der Waals surface area contributed by atoms with E-state index in [9.17, 15) is 9.18 Å². The average molecular weight is 278 g/mol. The molecule has 1 amide bonds. The molecule has 0 heterocycles. The fourth-order valence-electron chi connectivity index (χ4n) is 1.54. The van der Waals surface area contributed by atoms with Gasteiger partial charge in [-0.2, -0.15) is 0 Å². The summed E-state index contributed by atoms with van der Waals surface area (Å²) in [6, 6.07) is 4.11. The number of likely N-dealkylation sites (N-methyl/N-ethyl adjacent to an activating group) is 1. The van der Waals surface area contributed by atoms with Gasteiger partial charge in [-0.3, -0.25) is 4.79 Å². The Bertz CT molecular complexity index is 407. The first kappa shape index (κ1) is 14.3. The van der Waals surface area contributed by atoms with E-state index in [1.54, 1.807) is 4.90 Å². The predicted octanol–water partition coefficient (Wildman–Crippen LogP) is 3.63. The zero-order valence-corrected chi connectivity index (χ0v) is 11.2. The molecule has 1 unspecified atom stereocenters. The first-order valence-electron chi connectivity index (χ1n) is 5.39. The van der Waals surface area contributed by atoms with Gasteiger partial charge in [0.2, 0.25) is 5.91 Å². The second-order valence-electron chi connectivity index (χ2n) is 3.54. The number of nitrogens with zero attached hydrogens (tertiary/aromatic N) is 1. The van der Waals surface area contributed by atoms with Crippen LogP contribution in [0.15, 0.2) is 18.2 Å². The Labute approximate surface area is 110 Å². The summed E-state index contributed by atoms with van der Waals surface area (Å²) in [6.07, 6.45) is 0. The summed E-state index contributed by atoms with van der Waals surface area (Å²) in [7, 11) is 0. The first-order chi connectivity index (χ1) is 8.01. The van der Waals surface area contributed by atoms with Crippen LogP contribution in [0.2, 0.25) is 5.02 Å². The molecule has 1 atom stereocenters. The van der Waals surface area contributed by atoms with Crippen LogP contribution in [0.1, 0.15) is 24.8 Å². The molecule has 0 radical (unpaired) electrons. The number of alkyl halides is 1. The van der Waals surface area contributed by atoms with Crippen LogP contribution < -0.4 is 0 Å². The largest absolute Gasteiger partial charge is 0.342 e. The van der Waals surface area contributed by atoms with Gasteiger partial charge in [-0.25, -0.2) is 4.39 Å². The van der Waals surface area contributed by atoms with Gasteiger partial charge in [0.05, 0.1) is 0 Å². The van der Waals surface area contributed by atoms with Gasteiger partial charge >= 0.3 is 0 Å². The lowest BCUT2D eigenvalue weighted by Crippen LogP contribution is -2.33. The molecule has 0 bridgehead atoms. The van der Waals surface area contributed by atoms with Crippen molar-refractivity contribution in [2.75, 3.05) is 13.1 Å². The second-order valence-corrected chi connectivity index (χ2v) is 4.41. The fraction of sp³-hybridized carbons (Fsp3) is 0.417. The number of hydrogen-bond donors (Lipinski definition) is 0. The highest BCUT2D eigenvalue weighted by Crippen LogP contribution is 2.27. The van der Waals surface area contributed by atoms with E-state index in [2.05, 4.69) is 0 Å². The Kier molecular flexibility index (Phi) is 5.22. The number of rotatable bonds is 4. The van der Waals surface area contributed by atoms with Crippen molar-refractivity contribution in [3.63, 3.8) is 0 Å². The SMILES string of the molecule is CCN(CC)C(=O)C(Cl)c1ccc(Cl)cc1F. The molecule has 0 saturated carbocycles. The monoisotopic (exact) mass is 277 g/mol. The summed E-state index contributed by atoms with van der Waals surface area (Å²) in [5.41, 5.74) is 0.160. The maximum atomic E-state index is 13.6. The highest BCUT2D eigenvalue weighted by Gasteiger charge is 2.24. The van der Waals surface area contributed by atoms with Crippen LogP contribution >= 0.6 is 23.2 Å². The average Bonchev–Trinajstić information content (AvgIpc) is 2.29. The maximum absolute atomic E-state index is 13.6. The minimum absolute atomic E-state index is 0.160. The second kappa shape index (κ2) is 6.22. The van der Waals surface area contributed by atoms with Crippen LogP contribution in [0, 0.1) is 5.82 Å². The van der Waals surface area contributed by atoms with Crippen molar-refractivity contribution in [1.29, 1.82) is 0 Å². The summed E-state index contributed by atoms with van der Waals surface area (Å²) in [5, 5.41) is -0.724. The molecule has 0 N–H and O–H groups in total. The maximum Gasteiger partial charge on any atom is 0.245 e. The molecule has 1 aromatic carbocycles. The van der Waals surface area contributed by atoms with Gasteiger partial charge in [0, 0.05) is 23.7 Å². The summed E-state index contributed by atoms with van der Waals surface area (Å²) in [5.74, 6) is -0.851. The molecule has 0 aromatic heterocycles. The van der Waals surface area contributed by atoms with Crippen molar-refractivity contribution in [3.05, 3.63) is 34.6 Å². The van der Waals surface area contributed by atoms with E-state index in [1.165, 1.54) is 12.1 Å². The Morgan fingerprint density at radius 1 is 1.41 bits per heavy atom. The lowest BCUT2D eigenvalue weighted by atomic mass is 10.1. The Morgan fingerprint density at radius 2 is 2.00 bits per heavy atom. The number of amides is 1. The van der Waals surface area contributed by atoms with E-state index in [4.69, 9.17) is 23.2 Å². The Balaban J connectivity index is 2.95. The van der Waals surface area contributed by atoms with E-state index in [-0.39, 0.29) is 16.5 Å². The van der Waals surface area contributed by atoms with Gasteiger partial charge in [-0.05, 0) is 26.0 Å². The highest BCUT2D eigenvalue weighted by atomic mass is 35.5. The summed E-state index contributed by atoms with van der Waals surface area (Å²) < 4.78 is 13.6. The van der Waals surface area contributed by atoms with Gasteiger partial charge in [-0.1, -0.05) is 17.7 Å². The molecule has 0 aliphatic heterocycles. The molecule has 0 aliphatic carbocycles. The lowest BCUT2D eigenvalue weighted by molar-refractivity contribution is -0.130. The van der Waals surface area contributed by atoms with Gasteiger partial charge < -0.3 is 4.90 Å². The van der Waals surface area contributed by atoms with Crippen molar-refractivity contribution in [2.24, 2.45) is 0 Å². The Hall–Kier alpha value is -0.800. The van der Waals surface area contributed by atoms with E-state index in [1.807, 2.05) is 13.8 Å². The minimum atomic E-state index is -1.01. The Morgan fingerprint density at radius 3 is 2.47 bits per heavy atom. The van der Waals surface area contributed by atoms with E-state index in [0.717, 1.165) is 6.07 Å². The summed E-state index contributed by atoms with van der Waals surface area (Å²) in [4.78, 5) is 13.5. The van der Waals surface area contributed by atoms with Crippen molar-refractivity contribution >= 4 is 29.1 Å². The molecule has 94 valence electrons. The molecule has 1 aromatic rings. The van der Waals surface area contributed by atoms with Crippen molar-refractivity contribution in [1.82, 2.24) is 4.90 Å². The number of hydrogen-bond acceptors (Lipinski definition) is 1. The van der Waals surface area contributed by atoms with E-state index in [0.29, 0.717) is 13.1 Å². The third-order valence-electron chi connectivity index (χ3n) is 2.53. The number of halogens is 3. The van der Waals surface area contributed by atoms with Gasteiger partial charge in [-0.15, -0.1) is 11.6 Å². The molecule has 0 aliphatic rings. The first-order valence-corrected chi connectivity index (χ1v) is 6.20. The van der Waals surface area contributed by atoms with E-state index < -0.39 is 11.2 Å². The summed E-state index contributed by atoms with van der Waals surface area (Å²) >= 11 is 11.6. The molecule has 5 heteroatoms. The molecular weight excluding hydrogens is 264 g/mol. The van der Waals surface area contributed by atoms with Crippen LogP contribution in [-0.2, 0) is 4.79 Å². The van der Waals surface area contributed by atoms with Gasteiger partial charge in [0.25, 0.3) is 0 Å². The van der Waals surface area contributed by atoms with Crippen LogP contribution in [0.5, 0.6) is 0 Å². The number of benzene rings is 1. The van der Waals surface area contributed by atoms with E-state index >= 15 is 0 Å². The minimum Gasteiger partial charge on any atom is -0.342 e. The highest BCUT2D eigenvalue weighted by molar-refractivity contribution is 6.31. The van der Waals surface area contributed by atoms with Crippen molar-refractivity contribution < 1.29 is 9.18 Å². The summed E-state index contributed by atoms with van der Waals surface area (Å²) in [6.45, 7) is 4.80. The molecule has 0 fully saturated rings. The third kappa shape index (κ3) is 3.33. The molecule has 17 heavy (non-hydrogen) atoms. The predicted molar refractivity (Wildman–Crippen MR) is 67.9 cm³/mol. The van der Waals surface area contributed by atoms with Gasteiger partial charge in [0.1, 0.15) is 11.2 Å². The molecule has 0 spiro atoms. The van der Waals surface area contributed by atoms with Crippen molar-refractivity contribution in [2.45, 2.75) is 19.2 Å². The number of carbonyl (C=O) groups excluding carboxylic acids is 1. The van der Waals surface area contributed by atoms with Gasteiger partial charge in [0.15, 0.2) is 0 Å². The standard InChI is InChI=1S/C12H14Cl2FNO/c1-3-16(4-2)12(17)11(14)9-6-5-8(13)7-10(9)15/h5-7,11H,3-4H2,1-2H3. The topological polar surface area (TPSA) is 20.3 Å². The van der Waals surface area contributed by atoms with Crippen molar-refractivity contribution in [3.8, 4) is 0 Å². The van der Waals surface area contributed by atoms with Crippen LogP contribution in [0.25, 0.3) is 0 Å². The zero-order chi connectivity index (χ0) is 13.0. The normalized spacial score (nSPS) is 12.3. The molecule has 0 saturated heterocycles. The molecule has 1 rings (SSSR count). The smallest absolute Gasteiger partial charge is 0.245 e. The molecule has 2 nitrogen and oxygen atoms in total. The fourth-order valence-corrected chi connectivity index (χ4v) is 2.01. The van der Waals surface area contributed by atoms with Crippen LogP contribution in [-0.4, -0.2) is 23.9 Å². The lowest BCUT2D eigenvalue weighted by Gasteiger charge is -2.22. The molecular formula is C12H14Cl2FNO. The quantitative estimate of drug-likeness (QED) is 0.770. The van der Waals surface area contributed by atoms with Crippen LogP contribution in [0.4, 0.5) is 4.39 Å². The third-order valence-corrected chi connectivity index (χ3v) is 3.18. The number of carbonyl (C=O) groups is 1.